The number of aryl methyl sites for hydroxylation is 1. The molecular weight excluding hydrogens is 237 g/mol. The quantitative estimate of drug-likeness (QED) is 0.832. The Bertz CT molecular complexity index is 464. The summed E-state index contributed by atoms with van der Waals surface area (Å²) in [6, 6.07) is 2.85. The molecule has 6 heteroatoms. The van der Waals surface area contributed by atoms with Crippen molar-refractivity contribution < 1.29 is 27.9 Å². The molecular formula is C11H9F3O3. The Morgan fingerprint density at radius 2 is 1.88 bits per heavy atom. The molecule has 1 aromatic carbocycles. The molecule has 0 bridgehead atoms. The minimum absolute atomic E-state index is 0.245. The molecule has 0 aliphatic rings. The zero-order valence-corrected chi connectivity index (χ0v) is 8.84. The predicted molar refractivity (Wildman–Crippen MR) is 52.5 cm³/mol. The number of halogens is 3. The van der Waals surface area contributed by atoms with Gasteiger partial charge in [-0.2, -0.15) is 13.2 Å². The van der Waals surface area contributed by atoms with Crippen LogP contribution < -0.4 is 0 Å². The second-order valence-electron chi connectivity index (χ2n) is 3.54. The van der Waals surface area contributed by atoms with E-state index in [0.29, 0.717) is 0 Å². The highest BCUT2D eigenvalue weighted by Crippen LogP contribution is 2.30. The number of hydrogen-bond donors (Lipinski definition) is 1. The second kappa shape index (κ2) is 4.57. The number of carbonyl (C=O) groups excluding carboxylic acids is 1. The van der Waals surface area contributed by atoms with Crippen molar-refractivity contribution >= 4 is 11.8 Å². The van der Waals surface area contributed by atoms with Gasteiger partial charge in [0.25, 0.3) is 0 Å². The lowest BCUT2D eigenvalue weighted by Crippen LogP contribution is -2.16. The maximum absolute atomic E-state index is 12.3. The van der Waals surface area contributed by atoms with E-state index in [9.17, 15) is 22.8 Å². The van der Waals surface area contributed by atoms with Crippen LogP contribution in [-0.4, -0.2) is 16.9 Å². The molecule has 92 valence electrons. The van der Waals surface area contributed by atoms with E-state index in [1.165, 1.54) is 6.92 Å². The standard InChI is InChI=1S/C11H9F3O3/c1-6-4-8(11(12,13)14)3-2-7(6)5-9(15)10(16)17/h2-4H,5H2,1H3,(H,16,17). The molecule has 0 radical (unpaired) electrons. The van der Waals surface area contributed by atoms with E-state index in [1.807, 2.05) is 0 Å². The summed E-state index contributed by atoms with van der Waals surface area (Å²) in [4.78, 5) is 21.2. The molecule has 1 aromatic rings. The fourth-order valence-corrected chi connectivity index (χ4v) is 1.32. The first-order chi connectivity index (χ1) is 7.71. The van der Waals surface area contributed by atoms with E-state index in [4.69, 9.17) is 5.11 Å². The number of hydrogen-bond acceptors (Lipinski definition) is 2. The molecule has 0 fully saturated rings. The van der Waals surface area contributed by atoms with Crippen LogP contribution in [0.3, 0.4) is 0 Å². The Balaban J connectivity index is 2.99. The van der Waals surface area contributed by atoms with Gasteiger partial charge in [0.15, 0.2) is 0 Å². The van der Waals surface area contributed by atoms with E-state index in [-0.39, 0.29) is 11.1 Å². The monoisotopic (exact) mass is 246 g/mol. The maximum atomic E-state index is 12.3. The lowest BCUT2D eigenvalue weighted by Gasteiger charge is -2.10. The fraction of sp³-hybridized carbons (Fsp3) is 0.273. The van der Waals surface area contributed by atoms with Gasteiger partial charge in [0.05, 0.1) is 5.56 Å². The molecule has 0 saturated carbocycles. The Labute approximate surface area is 94.9 Å². The number of Topliss-reactive ketones (excluding diaryl/α,β-unsaturated/α-hetero) is 1. The van der Waals surface area contributed by atoms with Gasteiger partial charge in [-0.25, -0.2) is 4.79 Å². The highest BCUT2D eigenvalue weighted by atomic mass is 19.4. The molecule has 0 aromatic heterocycles. The molecule has 0 heterocycles. The molecule has 1 N–H and O–H groups in total. The van der Waals surface area contributed by atoms with Gasteiger partial charge in [-0.1, -0.05) is 6.07 Å². The van der Waals surface area contributed by atoms with Crippen LogP contribution in [0.4, 0.5) is 13.2 Å². The number of carboxylic acids is 1. The number of aliphatic carboxylic acids is 1. The zero-order chi connectivity index (χ0) is 13.2. The molecule has 0 spiro atoms. The van der Waals surface area contributed by atoms with E-state index >= 15 is 0 Å². The van der Waals surface area contributed by atoms with E-state index in [0.717, 1.165) is 18.2 Å². The second-order valence-corrected chi connectivity index (χ2v) is 3.54. The number of benzene rings is 1. The highest BCUT2D eigenvalue weighted by Gasteiger charge is 2.30. The fourth-order valence-electron chi connectivity index (χ4n) is 1.32. The van der Waals surface area contributed by atoms with Crippen molar-refractivity contribution in [1.82, 2.24) is 0 Å². The summed E-state index contributed by atoms with van der Waals surface area (Å²) in [6.07, 6.45) is -4.85. The van der Waals surface area contributed by atoms with Crippen molar-refractivity contribution in [1.29, 1.82) is 0 Å². The summed E-state index contributed by atoms with van der Waals surface area (Å²) < 4.78 is 37.0. The van der Waals surface area contributed by atoms with Gasteiger partial charge in [0, 0.05) is 6.42 Å². The third-order valence-electron chi connectivity index (χ3n) is 2.26. The SMILES string of the molecule is Cc1cc(C(F)(F)F)ccc1CC(=O)C(=O)O. The van der Waals surface area contributed by atoms with Crippen molar-refractivity contribution in [2.24, 2.45) is 0 Å². The molecule has 0 aliphatic heterocycles. The van der Waals surface area contributed by atoms with Gasteiger partial charge in [-0.3, -0.25) is 4.79 Å². The van der Waals surface area contributed by atoms with Crippen LogP contribution in [0.15, 0.2) is 18.2 Å². The molecule has 17 heavy (non-hydrogen) atoms. The van der Waals surface area contributed by atoms with Crippen LogP contribution in [0, 0.1) is 6.92 Å². The van der Waals surface area contributed by atoms with Crippen molar-refractivity contribution in [3.8, 4) is 0 Å². The molecule has 0 atom stereocenters. The van der Waals surface area contributed by atoms with Crippen LogP contribution in [0.5, 0.6) is 0 Å². The summed E-state index contributed by atoms with van der Waals surface area (Å²) in [5.41, 5.74) is -0.290. The first-order valence-corrected chi connectivity index (χ1v) is 4.64. The molecule has 3 nitrogen and oxygen atoms in total. The average Bonchev–Trinajstić information content (AvgIpc) is 2.19. The Morgan fingerprint density at radius 1 is 1.29 bits per heavy atom. The largest absolute Gasteiger partial charge is 0.475 e. The van der Waals surface area contributed by atoms with Gasteiger partial charge < -0.3 is 5.11 Å². The van der Waals surface area contributed by atoms with Crippen LogP contribution in [-0.2, 0) is 22.2 Å². The van der Waals surface area contributed by atoms with Gasteiger partial charge in [0.2, 0.25) is 5.78 Å². The summed E-state index contributed by atoms with van der Waals surface area (Å²) in [5.74, 6) is -2.64. The Morgan fingerprint density at radius 3 is 2.29 bits per heavy atom. The third kappa shape index (κ3) is 3.30. The van der Waals surface area contributed by atoms with Gasteiger partial charge in [-0.05, 0) is 30.2 Å². The average molecular weight is 246 g/mol. The van der Waals surface area contributed by atoms with Crippen LogP contribution in [0.2, 0.25) is 0 Å². The lowest BCUT2D eigenvalue weighted by molar-refractivity contribution is -0.148. The molecule has 0 amide bonds. The van der Waals surface area contributed by atoms with Crippen molar-refractivity contribution in [3.63, 3.8) is 0 Å². The number of carboxylic acid groups (broad SMARTS) is 1. The Hall–Kier alpha value is -1.85. The summed E-state index contributed by atoms with van der Waals surface area (Å²) in [7, 11) is 0. The molecule has 1 rings (SSSR count). The van der Waals surface area contributed by atoms with Crippen LogP contribution in [0.25, 0.3) is 0 Å². The van der Waals surface area contributed by atoms with Gasteiger partial charge in [-0.15, -0.1) is 0 Å². The van der Waals surface area contributed by atoms with Crippen LogP contribution >= 0.6 is 0 Å². The number of ketones is 1. The van der Waals surface area contributed by atoms with Crippen molar-refractivity contribution in [2.75, 3.05) is 0 Å². The van der Waals surface area contributed by atoms with Crippen molar-refractivity contribution in [2.45, 2.75) is 19.5 Å². The first-order valence-electron chi connectivity index (χ1n) is 4.64. The smallest absolute Gasteiger partial charge is 0.416 e. The molecule has 0 saturated heterocycles. The van der Waals surface area contributed by atoms with Crippen molar-refractivity contribution in [3.05, 3.63) is 34.9 Å². The molecule has 0 unspecified atom stereocenters. The zero-order valence-electron chi connectivity index (χ0n) is 8.84. The number of alkyl halides is 3. The van der Waals surface area contributed by atoms with E-state index in [1.54, 1.807) is 0 Å². The lowest BCUT2D eigenvalue weighted by atomic mass is 10.0. The van der Waals surface area contributed by atoms with Gasteiger partial charge in [0.1, 0.15) is 0 Å². The highest BCUT2D eigenvalue weighted by molar-refractivity contribution is 6.33. The topological polar surface area (TPSA) is 54.4 Å². The molecule has 0 aliphatic carbocycles. The number of rotatable bonds is 3. The van der Waals surface area contributed by atoms with Gasteiger partial charge >= 0.3 is 12.1 Å². The summed E-state index contributed by atoms with van der Waals surface area (Å²) >= 11 is 0. The normalized spacial score (nSPS) is 11.3. The maximum Gasteiger partial charge on any atom is 0.416 e. The first kappa shape index (κ1) is 13.2. The third-order valence-corrected chi connectivity index (χ3v) is 2.26. The number of carbonyl (C=O) groups is 2. The summed E-state index contributed by atoms with van der Waals surface area (Å²) in [6.45, 7) is 1.40. The summed E-state index contributed by atoms with van der Waals surface area (Å²) in [5, 5.41) is 8.39. The predicted octanol–water partition coefficient (Wildman–Crippen LogP) is 2.21. The van der Waals surface area contributed by atoms with E-state index in [2.05, 4.69) is 0 Å². The minimum atomic E-state index is -4.44. The van der Waals surface area contributed by atoms with E-state index < -0.39 is 29.9 Å². The van der Waals surface area contributed by atoms with Crippen LogP contribution in [0.1, 0.15) is 16.7 Å². The Kier molecular flexibility index (Phi) is 3.55. The minimum Gasteiger partial charge on any atom is -0.475 e.